The van der Waals surface area contributed by atoms with Crippen LogP contribution in [0.25, 0.3) is 0 Å². The number of anilines is 1. The van der Waals surface area contributed by atoms with E-state index >= 15 is 0 Å². The van der Waals surface area contributed by atoms with E-state index in [0.717, 1.165) is 5.56 Å². The molecule has 0 aliphatic rings. The second-order valence-corrected chi connectivity index (χ2v) is 9.70. The second kappa shape index (κ2) is 16.7. The lowest BCUT2D eigenvalue weighted by Gasteiger charge is -2.14. The van der Waals surface area contributed by atoms with Crippen LogP contribution in [0.4, 0.5) is 5.69 Å². The van der Waals surface area contributed by atoms with Gasteiger partial charge in [-0.3, -0.25) is 19.3 Å². The van der Waals surface area contributed by atoms with Crippen molar-refractivity contribution in [2.24, 2.45) is 10.2 Å². The molecule has 0 atom stereocenters. The molecule has 3 aromatic carbocycles. The van der Waals surface area contributed by atoms with Gasteiger partial charge in [-0.05, 0) is 62.4 Å². The fourth-order valence-electron chi connectivity index (χ4n) is 3.75. The van der Waals surface area contributed by atoms with Crippen LogP contribution in [0.1, 0.15) is 35.3 Å². The van der Waals surface area contributed by atoms with Gasteiger partial charge in [0.1, 0.15) is 0 Å². The summed E-state index contributed by atoms with van der Waals surface area (Å²) in [4.78, 5) is 12.7. The Morgan fingerprint density at radius 1 is 0.622 bits per heavy atom. The number of hydrogen-bond acceptors (Lipinski definition) is 12. The molecular formula is C29H36N4O11S. The van der Waals surface area contributed by atoms with Crippen LogP contribution in [0.5, 0.6) is 34.5 Å². The molecule has 3 aromatic rings. The van der Waals surface area contributed by atoms with Crippen molar-refractivity contribution in [3.05, 3.63) is 65.2 Å². The zero-order valence-electron chi connectivity index (χ0n) is 26.0. The molecule has 0 aromatic heterocycles. The number of carbonyl (C=O) groups is 1. The van der Waals surface area contributed by atoms with Crippen LogP contribution < -0.4 is 39.3 Å². The normalized spacial score (nSPS) is 11.4. The molecule has 0 bridgehead atoms. The van der Waals surface area contributed by atoms with Crippen molar-refractivity contribution in [1.82, 2.24) is 5.43 Å². The van der Waals surface area contributed by atoms with E-state index in [1.807, 2.05) is 19.1 Å². The van der Waals surface area contributed by atoms with E-state index in [-0.39, 0.29) is 5.91 Å². The van der Waals surface area contributed by atoms with E-state index in [1.165, 1.54) is 21.3 Å². The molecule has 0 saturated heterocycles. The minimum absolute atomic E-state index is 0.365. The van der Waals surface area contributed by atoms with Gasteiger partial charge in [0.2, 0.25) is 11.5 Å². The lowest BCUT2D eigenvalue weighted by Crippen LogP contribution is -2.19. The van der Waals surface area contributed by atoms with E-state index in [9.17, 15) is 4.79 Å². The number of rotatable bonds is 12. The average Bonchev–Trinajstić information content (AvgIpc) is 3.03. The highest BCUT2D eigenvalue weighted by atomic mass is 32.3. The largest absolute Gasteiger partial charge is 0.493 e. The molecule has 1 amide bonds. The third-order valence-corrected chi connectivity index (χ3v) is 5.99. The first-order valence-corrected chi connectivity index (χ1v) is 14.2. The van der Waals surface area contributed by atoms with Crippen LogP contribution in [-0.2, 0) is 10.4 Å². The average molecular weight is 649 g/mol. The Morgan fingerprint density at radius 2 is 0.978 bits per heavy atom. The highest BCUT2D eigenvalue weighted by molar-refractivity contribution is 7.79. The zero-order chi connectivity index (χ0) is 33.7. The van der Waals surface area contributed by atoms with Crippen LogP contribution in [-0.4, -0.2) is 77.5 Å². The second-order valence-electron chi connectivity index (χ2n) is 8.80. The first-order valence-electron chi connectivity index (χ1n) is 12.9. The number of benzene rings is 3. The Hall–Kier alpha value is -5.06. The van der Waals surface area contributed by atoms with Crippen molar-refractivity contribution in [2.75, 3.05) is 48.1 Å². The Morgan fingerprint density at radius 3 is 1.31 bits per heavy atom. The number of methoxy groups -OCH3 is 6. The molecule has 0 aliphatic heterocycles. The number of amides is 1. The molecule has 0 radical (unpaired) electrons. The van der Waals surface area contributed by atoms with E-state index in [1.54, 1.807) is 64.7 Å². The summed E-state index contributed by atoms with van der Waals surface area (Å²) < 4.78 is 63.9. The summed E-state index contributed by atoms with van der Waals surface area (Å²) in [6, 6.07) is 14.0. The van der Waals surface area contributed by atoms with E-state index in [0.29, 0.717) is 62.7 Å². The summed E-state index contributed by atoms with van der Waals surface area (Å²) in [5.74, 6) is 2.66. The molecule has 0 aliphatic carbocycles. The molecule has 0 fully saturated rings. The molecular weight excluding hydrogens is 612 g/mol. The fourth-order valence-corrected chi connectivity index (χ4v) is 3.75. The van der Waals surface area contributed by atoms with Crippen LogP contribution in [0, 0.1) is 0 Å². The van der Waals surface area contributed by atoms with Gasteiger partial charge in [-0.2, -0.15) is 18.6 Å². The summed E-state index contributed by atoms with van der Waals surface area (Å²) in [6.07, 6.45) is 0. The Kier molecular flexibility index (Phi) is 13.4. The summed E-state index contributed by atoms with van der Waals surface area (Å²) in [5, 5.41) is 8.67. The van der Waals surface area contributed by atoms with Crippen LogP contribution in [0.2, 0.25) is 0 Å². The van der Waals surface area contributed by atoms with Crippen molar-refractivity contribution in [1.29, 1.82) is 0 Å². The fraction of sp³-hybridized carbons (Fsp3) is 0.276. The molecule has 0 heterocycles. The molecule has 0 unspecified atom stereocenters. The van der Waals surface area contributed by atoms with Gasteiger partial charge in [-0.15, -0.1) is 0 Å². The predicted octanol–water partition coefficient (Wildman–Crippen LogP) is 4.08. The van der Waals surface area contributed by atoms with Crippen molar-refractivity contribution >= 4 is 33.4 Å². The maximum Gasteiger partial charge on any atom is 0.394 e. The van der Waals surface area contributed by atoms with Gasteiger partial charge in [0.05, 0.1) is 59.8 Å². The third-order valence-electron chi connectivity index (χ3n) is 5.99. The van der Waals surface area contributed by atoms with Gasteiger partial charge in [-0.25, -0.2) is 5.43 Å². The Labute approximate surface area is 261 Å². The van der Waals surface area contributed by atoms with Gasteiger partial charge < -0.3 is 28.4 Å². The summed E-state index contributed by atoms with van der Waals surface area (Å²) in [6.45, 7) is 3.62. The minimum Gasteiger partial charge on any atom is -0.493 e. The molecule has 0 saturated carbocycles. The zero-order valence-corrected chi connectivity index (χ0v) is 26.8. The highest BCUT2D eigenvalue weighted by Crippen LogP contribution is 2.39. The molecule has 244 valence electrons. The lowest BCUT2D eigenvalue weighted by molar-refractivity contribution is 0.0954. The molecule has 4 N–H and O–H groups in total. The number of hydrogen-bond donors (Lipinski definition) is 4. The first kappa shape index (κ1) is 36.1. The topological polar surface area (TPSA) is 196 Å². The van der Waals surface area contributed by atoms with E-state index in [4.69, 9.17) is 45.9 Å². The number of ether oxygens (including phenoxy) is 6. The summed E-state index contributed by atoms with van der Waals surface area (Å²) >= 11 is 0. The smallest absolute Gasteiger partial charge is 0.394 e. The van der Waals surface area contributed by atoms with Crippen molar-refractivity contribution in [2.45, 2.75) is 13.8 Å². The Bertz CT molecular complexity index is 1580. The molecule has 15 nitrogen and oxygen atoms in total. The standard InChI is InChI=1S/C29H34N4O7.H2O4S/c1-17(20-13-23(35-3)27(39-7)24(14-20)36-4)30-32-22-11-9-19(10-12-22)29(34)33-31-18(2)21-15-25(37-5)28(40-8)26(16-21)38-6;1-5(2,3)4/h9-16,32H,1-8H3,(H,33,34);(H2,1,2,3,4)/b30-17+,31-18+;. The number of nitrogens with zero attached hydrogens (tertiary/aromatic N) is 2. The minimum atomic E-state index is -4.67. The van der Waals surface area contributed by atoms with Gasteiger partial charge in [0, 0.05) is 16.7 Å². The third kappa shape index (κ3) is 10.6. The van der Waals surface area contributed by atoms with Crippen LogP contribution >= 0.6 is 0 Å². The highest BCUT2D eigenvalue weighted by Gasteiger charge is 2.16. The molecule has 3 rings (SSSR count). The van der Waals surface area contributed by atoms with Crippen molar-refractivity contribution in [3.63, 3.8) is 0 Å². The maximum absolute atomic E-state index is 12.7. The van der Waals surface area contributed by atoms with Gasteiger partial charge in [0.25, 0.3) is 5.91 Å². The SMILES string of the molecule is COc1cc(/C(C)=N/NC(=O)c2ccc(N/N=C(\C)c3cc(OC)c(OC)c(OC)c3)cc2)cc(OC)c1OC.O=S(=O)(O)O. The number of nitrogens with one attached hydrogen (secondary N) is 2. The lowest BCUT2D eigenvalue weighted by atomic mass is 10.1. The number of hydrazone groups is 2. The van der Waals surface area contributed by atoms with Crippen LogP contribution in [0.3, 0.4) is 0 Å². The molecule has 0 spiro atoms. The monoisotopic (exact) mass is 648 g/mol. The quantitative estimate of drug-likeness (QED) is 0.125. The van der Waals surface area contributed by atoms with E-state index in [2.05, 4.69) is 21.1 Å². The molecule has 16 heteroatoms. The predicted molar refractivity (Wildman–Crippen MR) is 168 cm³/mol. The van der Waals surface area contributed by atoms with Gasteiger partial charge in [-0.1, -0.05) is 0 Å². The Balaban J connectivity index is 0.00000130. The summed E-state index contributed by atoms with van der Waals surface area (Å²) in [7, 11) is 4.61. The maximum atomic E-state index is 12.7. The van der Waals surface area contributed by atoms with E-state index < -0.39 is 10.4 Å². The van der Waals surface area contributed by atoms with Crippen molar-refractivity contribution in [3.8, 4) is 34.5 Å². The number of carbonyl (C=O) groups excluding carboxylic acids is 1. The van der Waals surface area contributed by atoms with Gasteiger partial charge in [0.15, 0.2) is 23.0 Å². The molecule has 45 heavy (non-hydrogen) atoms. The first-order chi connectivity index (χ1) is 21.3. The summed E-state index contributed by atoms with van der Waals surface area (Å²) in [5.41, 5.74) is 9.44. The van der Waals surface area contributed by atoms with Crippen LogP contribution in [0.15, 0.2) is 58.7 Å². The van der Waals surface area contributed by atoms with Crippen molar-refractivity contribution < 1.29 is 50.7 Å². The van der Waals surface area contributed by atoms with Gasteiger partial charge >= 0.3 is 10.4 Å².